The van der Waals surface area contributed by atoms with E-state index in [1.54, 1.807) is 26.2 Å². The van der Waals surface area contributed by atoms with Crippen LogP contribution in [0.5, 0.6) is 0 Å². The first-order valence-corrected chi connectivity index (χ1v) is 10.3. The average molecular weight is 492 g/mol. The molecule has 0 spiro atoms. The molecule has 4 heterocycles. The van der Waals surface area contributed by atoms with Gasteiger partial charge in [0.05, 0.1) is 22.2 Å². The summed E-state index contributed by atoms with van der Waals surface area (Å²) in [7, 11) is 0. The first-order chi connectivity index (χ1) is 16.2. The Morgan fingerprint density at radius 2 is 1.77 bits per heavy atom. The molecule has 10 nitrogen and oxygen atoms in total. The maximum atomic E-state index is 10.6. The minimum Gasteiger partial charge on any atom is -0.475 e. The van der Waals surface area contributed by atoms with Crippen LogP contribution in [0.3, 0.4) is 0 Å². The average Bonchev–Trinajstić information content (AvgIpc) is 3.37. The van der Waals surface area contributed by atoms with Crippen LogP contribution in [0.25, 0.3) is 33.5 Å². The van der Waals surface area contributed by atoms with E-state index in [1.165, 1.54) is 0 Å². The third kappa shape index (κ3) is 5.24. The van der Waals surface area contributed by atoms with Gasteiger partial charge in [-0.15, -0.1) is 0 Å². The second kappa shape index (κ2) is 9.33. The van der Waals surface area contributed by atoms with E-state index >= 15 is 0 Å². The number of aliphatic hydroxyl groups is 1. The summed E-state index contributed by atoms with van der Waals surface area (Å²) in [5.41, 5.74) is 8.05. The molecule has 0 saturated heterocycles. The number of halogens is 3. The summed E-state index contributed by atoms with van der Waals surface area (Å²) in [5.74, 6) is -2.08. The first-order valence-electron chi connectivity index (χ1n) is 10.3. The number of pyridine rings is 2. The second-order valence-electron chi connectivity index (χ2n) is 8.29. The largest absolute Gasteiger partial charge is 0.490 e. The van der Waals surface area contributed by atoms with Crippen molar-refractivity contribution >= 4 is 22.7 Å². The summed E-state index contributed by atoms with van der Waals surface area (Å²) >= 11 is 0. The van der Waals surface area contributed by atoms with E-state index in [-0.39, 0.29) is 6.04 Å². The lowest BCUT2D eigenvalue weighted by molar-refractivity contribution is -0.192. The monoisotopic (exact) mass is 492 g/mol. The molecule has 4 rings (SSSR count). The highest BCUT2D eigenvalue weighted by Crippen LogP contribution is 2.41. The molecule has 0 unspecified atom stereocenters. The van der Waals surface area contributed by atoms with Crippen LogP contribution in [0.2, 0.25) is 0 Å². The van der Waals surface area contributed by atoms with Crippen LogP contribution in [0.15, 0.2) is 41.2 Å². The van der Waals surface area contributed by atoms with Crippen LogP contribution in [0, 0.1) is 0 Å². The normalized spacial score (nSPS) is 12.0. The molecule has 0 aliphatic heterocycles. The smallest absolute Gasteiger partial charge is 0.475 e. The number of nitrogen functional groups attached to an aromatic ring is 1. The van der Waals surface area contributed by atoms with Crippen molar-refractivity contribution in [2.45, 2.75) is 45.5 Å². The Bertz CT molecular complexity index is 1340. The highest BCUT2D eigenvalue weighted by atomic mass is 19.4. The summed E-state index contributed by atoms with van der Waals surface area (Å²) in [6.45, 7) is 7.37. The zero-order valence-electron chi connectivity index (χ0n) is 19.2. The molecule has 186 valence electrons. The highest BCUT2D eigenvalue weighted by Gasteiger charge is 2.38. The molecule has 4 aromatic rings. The minimum absolute atomic E-state index is 0.108. The van der Waals surface area contributed by atoms with Gasteiger partial charge in [-0.1, -0.05) is 11.2 Å². The van der Waals surface area contributed by atoms with E-state index in [0.717, 1.165) is 5.52 Å². The van der Waals surface area contributed by atoms with Gasteiger partial charge in [-0.2, -0.15) is 18.3 Å². The zero-order chi connectivity index (χ0) is 26.1. The quantitative estimate of drug-likeness (QED) is 0.381. The molecule has 0 aliphatic carbocycles. The number of fused-ring (bicyclic) bond motifs is 1. The van der Waals surface area contributed by atoms with Crippen molar-refractivity contribution in [1.29, 1.82) is 0 Å². The Morgan fingerprint density at radius 1 is 1.11 bits per heavy atom. The van der Waals surface area contributed by atoms with Crippen LogP contribution >= 0.6 is 0 Å². The summed E-state index contributed by atoms with van der Waals surface area (Å²) in [6, 6.07) is 7.52. The van der Waals surface area contributed by atoms with E-state index in [9.17, 15) is 18.3 Å². The maximum Gasteiger partial charge on any atom is 0.490 e. The van der Waals surface area contributed by atoms with Crippen molar-refractivity contribution in [1.82, 2.24) is 24.9 Å². The van der Waals surface area contributed by atoms with E-state index in [1.807, 2.05) is 42.8 Å². The Labute approximate surface area is 197 Å². The van der Waals surface area contributed by atoms with Crippen molar-refractivity contribution in [3.8, 4) is 22.6 Å². The number of carboxylic acid groups (broad SMARTS) is 1. The van der Waals surface area contributed by atoms with Crippen molar-refractivity contribution in [3.05, 3.63) is 42.4 Å². The van der Waals surface area contributed by atoms with Crippen LogP contribution < -0.4 is 5.73 Å². The molecular formula is C22H23F3N6O4. The number of rotatable bonds is 4. The van der Waals surface area contributed by atoms with Crippen LogP contribution in [0.4, 0.5) is 19.0 Å². The SMILES string of the molecule is CC(C)n1nc(-c2noc(C(C)(C)O)c2-c2ccccn2)c2c(N)nccc21.O=C(O)C(F)(F)F. The standard InChI is InChI=1S/C20H22N6O2.C2HF3O2/c1-11(2)26-13-8-10-23-19(21)15(13)16(24-26)17-14(12-7-5-6-9-22-12)18(28-25-17)20(3,4)27;3-2(4,5)1(6)7/h5-11,27H,1-4H3,(H2,21,23);(H,6,7). The number of carboxylic acids is 1. The molecule has 0 bridgehead atoms. The predicted molar refractivity (Wildman–Crippen MR) is 120 cm³/mol. The number of nitrogens with two attached hydrogens (primary N) is 1. The van der Waals surface area contributed by atoms with E-state index in [0.29, 0.717) is 39.6 Å². The van der Waals surface area contributed by atoms with E-state index in [4.69, 9.17) is 25.3 Å². The molecule has 13 heteroatoms. The molecular weight excluding hydrogens is 469 g/mol. The van der Waals surface area contributed by atoms with Gasteiger partial charge in [0, 0.05) is 18.4 Å². The van der Waals surface area contributed by atoms with Crippen molar-refractivity contribution in [3.63, 3.8) is 0 Å². The molecule has 0 aromatic carbocycles. The lowest BCUT2D eigenvalue weighted by Crippen LogP contribution is -2.21. The van der Waals surface area contributed by atoms with Gasteiger partial charge in [0.25, 0.3) is 0 Å². The minimum atomic E-state index is -5.08. The van der Waals surface area contributed by atoms with Gasteiger partial charge in [0.15, 0.2) is 5.76 Å². The number of carbonyl (C=O) groups is 1. The van der Waals surface area contributed by atoms with Crippen LogP contribution in [0.1, 0.15) is 39.5 Å². The summed E-state index contributed by atoms with van der Waals surface area (Å²) in [6.07, 6.45) is -1.74. The lowest BCUT2D eigenvalue weighted by Gasteiger charge is -2.15. The fraction of sp³-hybridized carbons (Fsp3) is 0.318. The van der Waals surface area contributed by atoms with Gasteiger partial charge in [0.2, 0.25) is 0 Å². The van der Waals surface area contributed by atoms with E-state index < -0.39 is 17.7 Å². The van der Waals surface area contributed by atoms with Crippen molar-refractivity contribution in [2.24, 2.45) is 0 Å². The number of anilines is 1. The summed E-state index contributed by atoms with van der Waals surface area (Å²) in [5, 5.41) is 27.5. The van der Waals surface area contributed by atoms with Gasteiger partial charge in [-0.05, 0) is 45.9 Å². The van der Waals surface area contributed by atoms with E-state index in [2.05, 4.69) is 15.1 Å². The molecule has 0 radical (unpaired) electrons. The molecule has 35 heavy (non-hydrogen) atoms. The molecule has 0 aliphatic rings. The first kappa shape index (κ1) is 25.6. The maximum absolute atomic E-state index is 10.6. The third-order valence-corrected chi connectivity index (χ3v) is 4.77. The Morgan fingerprint density at radius 3 is 2.29 bits per heavy atom. The van der Waals surface area contributed by atoms with Gasteiger partial charge >= 0.3 is 12.1 Å². The fourth-order valence-electron chi connectivity index (χ4n) is 3.29. The summed E-state index contributed by atoms with van der Waals surface area (Å²) < 4.78 is 39.2. The number of aliphatic carboxylic acids is 1. The van der Waals surface area contributed by atoms with Crippen LogP contribution in [-0.2, 0) is 10.4 Å². The Hall–Kier alpha value is -4.00. The lowest BCUT2D eigenvalue weighted by atomic mass is 9.96. The number of hydrogen-bond acceptors (Lipinski definition) is 8. The second-order valence-corrected chi connectivity index (χ2v) is 8.29. The number of hydrogen-bond donors (Lipinski definition) is 3. The molecule has 4 N–H and O–H groups in total. The van der Waals surface area contributed by atoms with Gasteiger partial charge in [-0.25, -0.2) is 9.78 Å². The third-order valence-electron chi connectivity index (χ3n) is 4.77. The van der Waals surface area contributed by atoms with Gasteiger partial charge in [0.1, 0.15) is 22.8 Å². The molecule has 0 amide bonds. The molecule has 0 atom stereocenters. The molecule has 4 aromatic heterocycles. The van der Waals surface area contributed by atoms with Crippen LogP contribution in [-0.4, -0.2) is 47.3 Å². The van der Waals surface area contributed by atoms with Crippen molar-refractivity contribution in [2.75, 3.05) is 5.73 Å². The van der Waals surface area contributed by atoms with Gasteiger partial charge in [-0.3, -0.25) is 9.67 Å². The predicted octanol–water partition coefficient (Wildman–Crippen LogP) is 4.17. The van der Waals surface area contributed by atoms with Gasteiger partial charge < -0.3 is 20.5 Å². The Kier molecular flexibility index (Phi) is 6.83. The number of nitrogens with zero attached hydrogens (tertiary/aromatic N) is 5. The van der Waals surface area contributed by atoms with Crippen molar-refractivity contribution < 1.29 is 32.7 Å². The topological polar surface area (TPSA) is 153 Å². The zero-order valence-corrected chi connectivity index (χ0v) is 19.2. The highest BCUT2D eigenvalue weighted by molar-refractivity contribution is 6.02. The Balaban J connectivity index is 0.000000429. The summed E-state index contributed by atoms with van der Waals surface area (Å²) in [4.78, 5) is 17.6. The fourth-order valence-corrected chi connectivity index (χ4v) is 3.29. The number of aromatic nitrogens is 5. The molecule has 0 saturated carbocycles. The number of alkyl halides is 3. The molecule has 0 fully saturated rings.